The van der Waals surface area contributed by atoms with Gasteiger partial charge in [-0.2, -0.15) is 10.2 Å². The molecule has 3 atom stereocenters. The number of amides is 1. The maximum absolute atomic E-state index is 14.0. The number of fused-ring (bicyclic) bond motifs is 3. The van der Waals surface area contributed by atoms with Crippen LogP contribution in [0.1, 0.15) is 61.8 Å². The minimum atomic E-state index is -0.716. The third kappa shape index (κ3) is 3.44. The lowest BCUT2D eigenvalue weighted by Gasteiger charge is -2.40. The van der Waals surface area contributed by atoms with E-state index in [0.29, 0.717) is 35.4 Å². The van der Waals surface area contributed by atoms with Gasteiger partial charge < -0.3 is 23.8 Å². The summed E-state index contributed by atoms with van der Waals surface area (Å²) in [7, 11) is 1.67. The SMILES string of the molecule is COC1(c2noc(C3N=CN4c5ccc(Cl)c(C#N)c5N(CC5CCCO5)C(=O)C34)n2)CCCC1. The molecule has 4 heterocycles. The number of carbonyl (C=O) groups is 1. The van der Waals surface area contributed by atoms with E-state index in [1.54, 1.807) is 29.3 Å². The highest BCUT2D eigenvalue weighted by atomic mass is 35.5. The van der Waals surface area contributed by atoms with Crippen LogP contribution in [0, 0.1) is 11.3 Å². The van der Waals surface area contributed by atoms with E-state index >= 15 is 0 Å². The van der Waals surface area contributed by atoms with Crippen molar-refractivity contribution in [3.63, 3.8) is 0 Å². The van der Waals surface area contributed by atoms with E-state index in [4.69, 9.17) is 25.6 Å². The number of nitriles is 1. The minimum Gasteiger partial charge on any atom is -0.376 e. The summed E-state index contributed by atoms with van der Waals surface area (Å²) in [5.41, 5.74) is 0.870. The van der Waals surface area contributed by atoms with Crippen molar-refractivity contribution in [3.8, 4) is 6.07 Å². The molecule has 1 amide bonds. The average Bonchev–Trinajstić information content (AvgIpc) is 3.67. The van der Waals surface area contributed by atoms with Crippen molar-refractivity contribution in [2.45, 2.75) is 62.3 Å². The van der Waals surface area contributed by atoms with E-state index in [2.05, 4.69) is 21.2 Å². The zero-order valence-electron chi connectivity index (χ0n) is 19.3. The van der Waals surface area contributed by atoms with Crippen LogP contribution in [0.4, 0.5) is 11.4 Å². The van der Waals surface area contributed by atoms with Gasteiger partial charge in [0.2, 0.25) is 5.82 Å². The van der Waals surface area contributed by atoms with E-state index in [9.17, 15) is 10.1 Å². The van der Waals surface area contributed by atoms with Crippen molar-refractivity contribution >= 4 is 35.2 Å². The molecule has 2 fully saturated rings. The summed E-state index contributed by atoms with van der Waals surface area (Å²) >= 11 is 6.36. The predicted molar refractivity (Wildman–Crippen MR) is 126 cm³/mol. The molecule has 10 nitrogen and oxygen atoms in total. The predicted octanol–water partition coefficient (Wildman–Crippen LogP) is 3.49. The van der Waals surface area contributed by atoms with Crippen molar-refractivity contribution in [2.75, 3.05) is 30.1 Å². The fourth-order valence-corrected chi connectivity index (χ4v) is 5.90. The monoisotopic (exact) mass is 496 g/mol. The van der Waals surface area contributed by atoms with Gasteiger partial charge in [0.15, 0.2) is 6.04 Å². The van der Waals surface area contributed by atoms with Crippen LogP contribution in [0.2, 0.25) is 5.02 Å². The molecule has 2 aromatic rings. The number of hydrogen-bond acceptors (Lipinski definition) is 9. The van der Waals surface area contributed by atoms with Crippen molar-refractivity contribution < 1.29 is 18.8 Å². The number of halogens is 1. The Kier molecular flexibility index (Phi) is 5.51. The number of anilines is 2. The topological polar surface area (TPSA) is 117 Å². The van der Waals surface area contributed by atoms with Crippen LogP contribution in [0.25, 0.3) is 0 Å². The van der Waals surface area contributed by atoms with Gasteiger partial charge in [0.05, 0.1) is 40.9 Å². The summed E-state index contributed by atoms with van der Waals surface area (Å²) in [6.45, 7) is 0.993. The second-order valence-electron chi connectivity index (χ2n) is 9.41. The van der Waals surface area contributed by atoms with Crippen molar-refractivity contribution in [1.82, 2.24) is 10.1 Å². The van der Waals surface area contributed by atoms with E-state index in [1.165, 1.54) is 0 Å². The first kappa shape index (κ1) is 22.5. The number of carbonyl (C=O) groups excluding carboxylic acids is 1. The molecule has 4 aliphatic rings. The largest absolute Gasteiger partial charge is 0.376 e. The van der Waals surface area contributed by atoms with Gasteiger partial charge in [0.25, 0.3) is 11.8 Å². The summed E-state index contributed by atoms with van der Waals surface area (Å²) in [5.74, 6) is 0.561. The molecule has 11 heteroatoms. The molecule has 1 saturated carbocycles. The molecule has 3 aliphatic heterocycles. The highest BCUT2D eigenvalue weighted by molar-refractivity contribution is 6.33. The van der Waals surface area contributed by atoms with E-state index in [0.717, 1.165) is 38.5 Å². The molecule has 0 radical (unpaired) electrons. The van der Waals surface area contributed by atoms with Crippen molar-refractivity contribution in [2.24, 2.45) is 4.99 Å². The first-order valence-corrected chi connectivity index (χ1v) is 12.3. The van der Waals surface area contributed by atoms with Crippen LogP contribution in [-0.4, -0.2) is 54.8 Å². The van der Waals surface area contributed by atoms with Crippen LogP contribution < -0.4 is 9.80 Å². The van der Waals surface area contributed by atoms with Gasteiger partial charge in [0, 0.05) is 13.7 Å². The maximum atomic E-state index is 14.0. The smallest absolute Gasteiger partial charge is 0.254 e. The average molecular weight is 497 g/mol. The van der Waals surface area contributed by atoms with Gasteiger partial charge in [-0.3, -0.25) is 9.79 Å². The van der Waals surface area contributed by atoms with E-state index < -0.39 is 17.7 Å². The van der Waals surface area contributed by atoms with Crippen LogP contribution >= 0.6 is 11.6 Å². The highest BCUT2D eigenvalue weighted by Crippen LogP contribution is 2.47. The lowest BCUT2D eigenvalue weighted by atomic mass is 9.98. The molecule has 3 unspecified atom stereocenters. The molecule has 0 N–H and O–H groups in total. The molecule has 1 aromatic carbocycles. The number of hydrogen-bond donors (Lipinski definition) is 0. The van der Waals surface area contributed by atoms with Crippen LogP contribution in [0.15, 0.2) is 21.6 Å². The minimum absolute atomic E-state index is 0.108. The molecular formula is C24H25ClN6O4. The van der Waals surface area contributed by atoms with Crippen molar-refractivity contribution in [3.05, 3.63) is 34.4 Å². The number of benzene rings is 1. The lowest BCUT2D eigenvalue weighted by Crippen LogP contribution is -2.54. The molecule has 0 bridgehead atoms. The quantitative estimate of drug-likeness (QED) is 0.617. The zero-order valence-corrected chi connectivity index (χ0v) is 20.1. The number of aromatic nitrogens is 2. The van der Waals surface area contributed by atoms with Crippen LogP contribution in [0.5, 0.6) is 0 Å². The summed E-state index contributed by atoms with van der Waals surface area (Å²) in [6.07, 6.45) is 7.01. The molecule has 1 aromatic heterocycles. The Bertz CT molecular complexity index is 1230. The Labute approximate surface area is 207 Å². The maximum Gasteiger partial charge on any atom is 0.254 e. The summed E-state index contributed by atoms with van der Waals surface area (Å²) in [6, 6.07) is 4.26. The van der Waals surface area contributed by atoms with Gasteiger partial charge in [0.1, 0.15) is 17.7 Å². The van der Waals surface area contributed by atoms with Gasteiger partial charge in [-0.25, -0.2) is 0 Å². The first-order chi connectivity index (χ1) is 17.1. The standard InChI is InChI=1S/C24H25ClN6O4/c1-33-24(8-2-3-9-24)23-28-21(35-29-23)18-20-22(32)30(12-14-5-4-10-34-14)19-15(11-26)16(25)6-7-17(19)31(20)13-27-18/h6-7,13-14,18,20H,2-5,8-10,12H2,1H3. The van der Waals surface area contributed by atoms with Crippen molar-refractivity contribution in [1.29, 1.82) is 5.26 Å². The highest BCUT2D eigenvalue weighted by Gasteiger charge is 2.50. The second kappa shape index (κ2) is 8.59. The Morgan fingerprint density at radius 2 is 2.14 bits per heavy atom. The van der Waals surface area contributed by atoms with E-state index in [-0.39, 0.29) is 23.5 Å². The normalized spacial score (nSPS) is 26.8. The zero-order chi connectivity index (χ0) is 24.2. The molecule has 1 saturated heterocycles. The molecule has 1 aliphatic carbocycles. The second-order valence-corrected chi connectivity index (χ2v) is 9.82. The summed E-state index contributed by atoms with van der Waals surface area (Å²) in [4.78, 5) is 26.7. The molecule has 35 heavy (non-hydrogen) atoms. The van der Waals surface area contributed by atoms with Gasteiger partial charge >= 0.3 is 0 Å². The number of aliphatic imine (C=N–C) groups is 1. The Morgan fingerprint density at radius 1 is 1.31 bits per heavy atom. The van der Waals surface area contributed by atoms with Gasteiger partial charge in [-0.15, -0.1) is 0 Å². The molecule has 6 rings (SSSR count). The number of rotatable bonds is 5. The molecule has 182 valence electrons. The fourth-order valence-electron chi connectivity index (χ4n) is 5.71. The molecule has 0 spiro atoms. The first-order valence-electron chi connectivity index (χ1n) is 11.9. The molecular weight excluding hydrogens is 472 g/mol. The Hall–Kier alpha value is -3.00. The lowest BCUT2D eigenvalue weighted by molar-refractivity contribution is -0.120. The summed E-state index contributed by atoms with van der Waals surface area (Å²) in [5, 5.41) is 14.4. The van der Waals surface area contributed by atoms with Crippen LogP contribution in [0.3, 0.4) is 0 Å². The van der Waals surface area contributed by atoms with Gasteiger partial charge in [-0.05, 0) is 50.7 Å². The fraction of sp³-hybridized carbons (Fsp3) is 0.542. The Balaban J connectivity index is 1.39. The number of nitrogens with zero attached hydrogens (tertiary/aromatic N) is 6. The number of ether oxygens (including phenoxy) is 2. The number of methoxy groups -OCH3 is 1. The van der Waals surface area contributed by atoms with Crippen LogP contribution in [-0.2, 0) is 19.9 Å². The summed E-state index contributed by atoms with van der Waals surface area (Å²) < 4.78 is 17.3. The Morgan fingerprint density at radius 3 is 2.86 bits per heavy atom. The van der Waals surface area contributed by atoms with Gasteiger partial charge in [-0.1, -0.05) is 16.8 Å². The van der Waals surface area contributed by atoms with E-state index in [1.807, 2.05) is 6.07 Å². The third-order valence-electron chi connectivity index (χ3n) is 7.55. The third-order valence-corrected chi connectivity index (χ3v) is 7.86.